The van der Waals surface area contributed by atoms with E-state index >= 15 is 0 Å². The first kappa shape index (κ1) is 21.8. The minimum absolute atomic E-state index is 0.0953. The Morgan fingerprint density at radius 1 is 1.09 bits per heavy atom. The van der Waals surface area contributed by atoms with Crippen molar-refractivity contribution in [3.8, 4) is 0 Å². The molecule has 0 radical (unpaired) electrons. The van der Waals surface area contributed by atoms with Crippen molar-refractivity contribution in [2.45, 2.75) is 0 Å². The summed E-state index contributed by atoms with van der Waals surface area (Å²) in [4.78, 5) is 42.8. The summed E-state index contributed by atoms with van der Waals surface area (Å²) in [6, 6.07) is 16.5. The lowest BCUT2D eigenvalue weighted by atomic mass is 10.1. The van der Waals surface area contributed by atoms with E-state index in [9.17, 15) is 14.4 Å². The fraction of sp³-hybridized carbons (Fsp3) is 0.0833. The quantitative estimate of drug-likeness (QED) is 0.533. The summed E-state index contributed by atoms with van der Waals surface area (Å²) >= 11 is 6.75. The van der Waals surface area contributed by atoms with E-state index in [1.807, 2.05) is 30.3 Å². The molecule has 6 nitrogen and oxygen atoms in total. The molecule has 1 aromatic heterocycles. The molecular weight excluding hydrogens is 446 g/mol. The number of nitrogens with zero attached hydrogens (tertiary/aromatic N) is 2. The largest absolute Gasteiger partial charge is 0.351 e. The predicted molar refractivity (Wildman–Crippen MR) is 128 cm³/mol. The lowest BCUT2D eigenvalue weighted by Crippen LogP contribution is -2.36. The van der Waals surface area contributed by atoms with Gasteiger partial charge < -0.3 is 5.32 Å². The van der Waals surface area contributed by atoms with Gasteiger partial charge in [-0.3, -0.25) is 24.3 Å². The summed E-state index contributed by atoms with van der Waals surface area (Å²) in [5.74, 6) is -0.691. The highest BCUT2D eigenvalue weighted by molar-refractivity contribution is 8.18. The van der Waals surface area contributed by atoms with Crippen LogP contribution in [0.25, 0.3) is 23.1 Å². The maximum atomic E-state index is 12.6. The molecule has 3 aromatic rings. The van der Waals surface area contributed by atoms with E-state index in [2.05, 4.69) is 10.3 Å². The van der Waals surface area contributed by atoms with Crippen molar-refractivity contribution in [1.82, 2.24) is 15.2 Å². The second-order valence-electron chi connectivity index (χ2n) is 6.93. The topological polar surface area (TPSA) is 79.4 Å². The molecule has 1 fully saturated rings. The van der Waals surface area contributed by atoms with Gasteiger partial charge in [0.2, 0.25) is 5.91 Å². The van der Waals surface area contributed by atoms with Crippen LogP contribution in [0, 0.1) is 0 Å². The van der Waals surface area contributed by atoms with E-state index in [0.717, 1.165) is 38.7 Å². The van der Waals surface area contributed by atoms with E-state index in [1.54, 1.807) is 42.6 Å². The Morgan fingerprint density at radius 2 is 1.88 bits per heavy atom. The van der Waals surface area contributed by atoms with Gasteiger partial charge in [-0.15, -0.1) is 0 Å². The smallest absolute Gasteiger partial charge is 0.293 e. The van der Waals surface area contributed by atoms with Gasteiger partial charge in [0.15, 0.2) is 0 Å². The summed E-state index contributed by atoms with van der Waals surface area (Å²) in [5, 5.41) is 3.93. The Labute approximate surface area is 194 Å². The van der Waals surface area contributed by atoms with Gasteiger partial charge in [-0.05, 0) is 47.7 Å². The zero-order valence-electron chi connectivity index (χ0n) is 16.8. The van der Waals surface area contributed by atoms with Gasteiger partial charge in [0.1, 0.15) is 0 Å². The van der Waals surface area contributed by atoms with E-state index < -0.39 is 0 Å². The zero-order chi connectivity index (χ0) is 22.5. The zero-order valence-corrected chi connectivity index (χ0v) is 18.4. The molecule has 1 N–H and O–H groups in total. The van der Waals surface area contributed by atoms with E-state index in [0.29, 0.717) is 9.93 Å². The molecule has 0 atom stereocenters. The molecule has 1 aliphatic heterocycles. The highest BCUT2D eigenvalue weighted by Gasteiger charge is 2.34. The van der Waals surface area contributed by atoms with Crippen LogP contribution in [0.3, 0.4) is 0 Å². The third-order valence-corrected chi connectivity index (χ3v) is 5.91. The Bertz CT molecular complexity index is 1250. The minimum Gasteiger partial charge on any atom is -0.351 e. The van der Waals surface area contributed by atoms with E-state index in [4.69, 9.17) is 11.6 Å². The van der Waals surface area contributed by atoms with Crippen LogP contribution in [0.2, 0.25) is 5.02 Å². The first-order valence-corrected chi connectivity index (χ1v) is 11.0. The molecular formula is C24H18ClN3O3S. The third-order valence-electron chi connectivity index (χ3n) is 4.75. The van der Waals surface area contributed by atoms with Crippen molar-refractivity contribution in [2.75, 3.05) is 13.1 Å². The summed E-state index contributed by atoms with van der Waals surface area (Å²) in [6.07, 6.45) is 6.47. The number of para-hydroxylation sites is 1. The molecule has 0 spiro atoms. The van der Waals surface area contributed by atoms with Gasteiger partial charge in [-0.25, -0.2) is 0 Å². The second-order valence-corrected chi connectivity index (χ2v) is 8.36. The van der Waals surface area contributed by atoms with Crippen LogP contribution in [0.4, 0.5) is 4.79 Å². The van der Waals surface area contributed by atoms with Gasteiger partial charge in [-0.2, -0.15) is 0 Å². The molecule has 4 rings (SSSR count). The average molecular weight is 464 g/mol. The number of carbonyl (C=O) groups excluding carboxylic acids is 3. The molecule has 3 amide bonds. The maximum Gasteiger partial charge on any atom is 0.293 e. The van der Waals surface area contributed by atoms with Crippen LogP contribution in [-0.2, 0) is 9.59 Å². The minimum atomic E-state index is -0.374. The number of imide groups is 1. The van der Waals surface area contributed by atoms with Crippen molar-refractivity contribution in [1.29, 1.82) is 0 Å². The lowest BCUT2D eigenvalue weighted by molar-refractivity contribution is -0.123. The third kappa shape index (κ3) is 5.07. The Morgan fingerprint density at radius 3 is 2.69 bits per heavy atom. The van der Waals surface area contributed by atoms with Gasteiger partial charge in [-0.1, -0.05) is 48.0 Å². The number of carbonyl (C=O) groups is 3. The average Bonchev–Trinajstić information content (AvgIpc) is 3.06. The van der Waals surface area contributed by atoms with E-state index in [-0.39, 0.29) is 30.1 Å². The van der Waals surface area contributed by atoms with Crippen molar-refractivity contribution in [3.63, 3.8) is 0 Å². The van der Waals surface area contributed by atoms with Crippen LogP contribution < -0.4 is 5.32 Å². The Hall–Kier alpha value is -3.42. The number of aromatic nitrogens is 1. The lowest BCUT2D eigenvalue weighted by Gasteiger charge is -2.12. The molecule has 8 heteroatoms. The van der Waals surface area contributed by atoms with Crippen LogP contribution >= 0.6 is 23.4 Å². The molecule has 32 heavy (non-hydrogen) atoms. The summed E-state index contributed by atoms with van der Waals surface area (Å²) in [5.41, 5.74) is 2.42. The summed E-state index contributed by atoms with van der Waals surface area (Å²) in [7, 11) is 0. The van der Waals surface area contributed by atoms with E-state index in [1.165, 1.54) is 6.08 Å². The number of hydrogen-bond donors (Lipinski definition) is 1. The summed E-state index contributed by atoms with van der Waals surface area (Å²) < 4.78 is 0. The second kappa shape index (κ2) is 9.80. The Balaban J connectivity index is 1.33. The monoisotopic (exact) mass is 463 g/mol. The number of hydrogen-bond acceptors (Lipinski definition) is 5. The normalized spacial score (nSPS) is 15.3. The number of nitrogens with one attached hydrogen (secondary N) is 1. The fourth-order valence-electron chi connectivity index (χ4n) is 3.18. The first-order chi connectivity index (χ1) is 15.5. The van der Waals surface area contributed by atoms with Gasteiger partial charge in [0.25, 0.3) is 11.1 Å². The molecule has 1 aliphatic rings. The highest BCUT2D eigenvalue weighted by Crippen LogP contribution is 2.32. The molecule has 1 saturated heterocycles. The first-order valence-electron chi connectivity index (χ1n) is 9.82. The number of amides is 3. The molecule has 0 bridgehead atoms. The van der Waals surface area contributed by atoms with Gasteiger partial charge >= 0.3 is 0 Å². The fourth-order valence-corrected chi connectivity index (χ4v) is 4.17. The van der Waals surface area contributed by atoms with Crippen molar-refractivity contribution >= 4 is 63.5 Å². The molecule has 2 aromatic carbocycles. The molecule has 0 unspecified atom stereocenters. The van der Waals surface area contributed by atoms with Crippen LogP contribution in [0.15, 0.2) is 71.8 Å². The summed E-state index contributed by atoms with van der Waals surface area (Å²) in [6.45, 7) is 0.251. The SMILES string of the molecule is O=C(C=Cc1cccc2cccnc12)NCCN1C(=O)SC(=Cc2ccc(Cl)cc2)C1=O. The van der Waals surface area contributed by atoms with Crippen molar-refractivity contribution in [3.05, 3.63) is 87.9 Å². The van der Waals surface area contributed by atoms with Gasteiger partial charge in [0, 0.05) is 41.3 Å². The standard InChI is InChI=1S/C24H18ClN3O3S/c25-19-9-6-16(7-10-19)15-20-23(30)28(24(31)32-20)14-13-26-21(29)11-8-18-4-1-3-17-5-2-12-27-22(17)18/h1-12,15H,13-14H2,(H,26,29). The number of halogens is 1. The van der Waals surface area contributed by atoms with Crippen molar-refractivity contribution < 1.29 is 14.4 Å². The number of thioether (sulfide) groups is 1. The number of fused-ring (bicyclic) bond motifs is 1. The van der Waals surface area contributed by atoms with Crippen LogP contribution in [0.5, 0.6) is 0 Å². The van der Waals surface area contributed by atoms with Crippen molar-refractivity contribution in [2.24, 2.45) is 0 Å². The maximum absolute atomic E-state index is 12.6. The molecule has 0 aliphatic carbocycles. The van der Waals surface area contributed by atoms with Gasteiger partial charge in [0.05, 0.1) is 10.4 Å². The van der Waals surface area contributed by atoms with Crippen LogP contribution in [0.1, 0.15) is 11.1 Å². The predicted octanol–water partition coefficient (Wildman–Crippen LogP) is 4.75. The Kier molecular flexibility index (Phi) is 6.68. The molecule has 0 saturated carbocycles. The number of rotatable bonds is 6. The molecule has 2 heterocycles. The highest BCUT2D eigenvalue weighted by atomic mass is 35.5. The number of pyridine rings is 1. The molecule has 160 valence electrons. The number of benzene rings is 2. The van der Waals surface area contributed by atoms with Crippen LogP contribution in [-0.4, -0.2) is 40.0 Å².